The Morgan fingerprint density at radius 1 is 1.06 bits per heavy atom. The first-order valence-corrected chi connectivity index (χ1v) is 11.8. The van der Waals surface area contributed by atoms with Gasteiger partial charge in [-0.25, -0.2) is 0 Å². The van der Waals surface area contributed by atoms with Gasteiger partial charge in [-0.15, -0.1) is 0 Å². The van der Waals surface area contributed by atoms with Crippen LogP contribution in [0.1, 0.15) is 61.3 Å². The number of rotatable bonds is 9. The summed E-state index contributed by atoms with van der Waals surface area (Å²) in [6, 6.07) is 12.3. The summed E-state index contributed by atoms with van der Waals surface area (Å²) in [6.07, 6.45) is 1.75. The van der Waals surface area contributed by atoms with E-state index in [4.69, 9.17) is 17.0 Å². The van der Waals surface area contributed by atoms with Crippen LogP contribution in [0.5, 0.6) is 5.75 Å². The third-order valence-corrected chi connectivity index (χ3v) is 5.46. The molecular formula is C24H30BrN3O3S. The minimum Gasteiger partial charge on any atom is -0.493 e. The molecule has 1 unspecified atom stereocenters. The first kappa shape index (κ1) is 25.8. The Bertz CT molecular complexity index is 948. The van der Waals surface area contributed by atoms with Crippen LogP contribution >= 0.6 is 28.1 Å². The highest BCUT2D eigenvalue weighted by atomic mass is 79.9. The summed E-state index contributed by atoms with van der Waals surface area (Å²) in [4.78, 5) is 25.0. The lowest BCUT2D eigenvalue weighted by atomic mass is 10.1. The molecule has 0 radical (unpaired) electrons. The number of ether oxygens (including phenoxy) is 1. The zero-order chi connectivity index (χ0) is 23.7. The zero-order valence-corrected chi connectivity index (χ0v) is 21.2. The van der Waals surface area contributed by atoms with Gasteiger partial charge in [-0.1, -0.05) is 36.7 Å². The van der Waals surface area contributed by atoms with E-state index in [0.29, 0.717) is 35.1 Å². The largest absolute Gasteiger partial charge is 0.493 e. The highest BCUT2D eigenvalue weighted by Crippen LogP contribution is 2.24. The average Bonchev–Trinajstić information content (AvgIpc) is 2.74. The van der Waals surface area contributed by atoms with Crippen molar-refractivity contribution in [2.45, 2.75) is 46.6 Å². The minimum absolute atomic E-state index is 0.111. The van der Waals surface area contributed by atoms with E-state index in [2.05, 4.69) is 45.7 Å². The minimum atomic E-state index is -0.368. The van der Waals surface area contributed by atoms with E-state index in [1.165, 1.54) is 0 Å². The zero-order valence-electron chi connectivity index (χ0n) is 18.8. The number of thiocarbonyl (C=S) groups is 1. The van der Waals surface area contributed by atoms with Crippen LogP contribution in [0.15, 0.2) is 46.9 Å². The number of halogens is 1. The van der Waals surface area contributed by atoms with Crippen LogP contribution in [-0.2, 0) is 0 Å². The molecule has 0 aliphatic heterocycles. The quantitative estimate of drug-likeness (QED) is 0.379. The van der Waals surface area contributed by atoms with Crippen LogP contribution in [0, 0.1) is 5.92 Å². The number of anilines is 1. The predicted octanol–water partition coefficient (Wildman–Crippen LogP) is 5.53. The molecule has 2 amide bonds. The van der Waals surface area contributed by atoms with Gasteiger partial charge in [-0.3, -0.25) is 14.9 Å². The van der Waals surface area contributed by atoms with Gasteiger partial charge in [-0.05, 0) is 80.4 Å². The van der Waals surface area contributed by atoms with E-state index in [1.54, 1.807) is 36.4 Å². The number of amides is 2. The molecule has 0 bridgehead atoms. The van der Waals surface area contributed by atoms with Crippen LogP contribution in [0.2, 0.25) is 0 Å². The van der Waals surface area contributed by atoms with Gasteiger partial charge in [0.2, 0.25) is 0 Å². The molecule has 172 valence electrons. The molecule has 0 spiro atoms. The Morgan fingerprint density at radius 2 is 1.75 bits per heavy atom. The molecule has 2 rings (SSSR count). The maximum atomic E-state index is 12.8. The van der Waals surface area contributed by atoms with Crippen LogP contribution in [0.4, 0.5) is 5.69 Å². The smallest absolute Gasteiger partial charge is 0.261 e. The van der Waals surface area contributed by atoms with Gasteiger partial charge in [0.15, 0.2) is 5.11 Å². The van der Waals surface area contributed by atoms with Crippen molar-refractivity contribution in [3.63, 3.8) is 0 Å². The van der Waals surface area contributed by atoms with Crippen molar-refractivity contribution in [1.29, 1.82) is 0 Å². The molecular weight excluding hydrogens is 490 g/mol. The molecule has 8 heteroatoms. The first-order chi connectivity index (χ1) is 15.2. The maximum absolute atomic E-state index is 12.8. The number of carbonyl (C=O) groups excluding carboxylic acids is 2. The lowest BCUT2D eigenvalue weighted by Crippen LogP contribution is -2.34. The topological polar surface area (TPSA) is 79.5 Å². The number of hydrogen-bond donors (Lipinski definition) is 3. The molecule has 2 aromatic rings. The highest BCUT2D eigenvalue weighted by molar-refractivity contribution is 9.10. The Morgan fingerprint density at radius 3 is 2.38 bits per heavy atom. The normalized spacial score (nSPS) is 11.6. The van der Waals surface area contributed by atoms with Crippen LogP contribution in [-0.4, -0.2) is 29.6 Å². The Kier molecular flexibility index (Phi) is 10.1. The van der Waals surface area contributed by atoms with Crippen molar-refractivity contribution in [1.82, 2.24) is 10.6 Å². The fourth-order valence-corrected chi connectivity index (χ4v) is 3.23. The Hall–Kier alpha value is -2.45. The maximum Gasteiger partial charge on any atom is 0.261 e. The summed E-state index contributed by atoms with van der Waals surface area (Å²) < 4.78 is 6.58. The van der Waals surface area contributed by atoms with E-state index >= 15 is 0 Å². The third kappa shape index (κ3) is 8.24. The van der Waals surface area contributed by atoms with Crippen LogP contribution in [0.3, 0.4) is 0 Å². The molecule has 0 fully saturated rings. The number of benzene rings is 2. The molecule has 0 saturated carbocycles. The summed E-state index contributed by atoms with van der Waals surface area (Å²) in [5.74, 6) is 0.521. The molecule has 0 heterocycles. The van der Waals surface area contributed by atoms with Gasteiger partial charge in [0.1, 0.15) is 5.75 Å². The lowest BCUT2D eigenvalue weighted by Gasteiger charge is -2.14. The van der Waals surface area contributed by atoms with Gasteiger partial charge < -0.3 is 15.4 Å². The van der Waals surface area contributed by atoms with Gasteiger partial charge >= 0.3 is 0 Å². The fourth-order valence-electron chi connectivity index (χ4n) is 2.66. The van der Waals surface area contributed by atoms with Gasteiger partial charge in [-0.2, -0.15) is 0 Å². The molecule has 32 heavy (non-hydrogen) atoms. The fraction of sp³-hybridized carbons (Fsp3) is 0.375. The molecule has 0 saturated heterocycles. The SMILES string of the molecule is CCC(C)NC(=O)c1ccc(NC(=S)NC(=O)c2cc(Br)ccc2OCCC(C)C)cc1. The second-order valence-corrected chi connectivity index (χ2v) is 9.26. The Labute approximate surface area is 203 Å². The lowest BCUT2D eigenvalue weighted by molar-refractivity contribution is 0.0937. The van der Waals surface area contributed by atoms with Gasteiger partial charge in [0.05, 0.1) is 12.2 Å². The summed E-state index contributed by atoms with van der Waals surface area (Å²) in [7, 11) is 0. The molecule has 1 atom stereocenters. The standard InChI is InChI=1S/C24H30BrN3O3S/c1-5-16(4)26-22(29)17-6-9-19(10-7-17)27-24(32)28-23(30)20-14-18(25)8-11-21(20)31-13-12-15(2)3/h6-11,14-16H,5,12-13H2,1-4H3,(H,26,29)(H2,27,28,30,32). The second-order valence-electron chi connectivity index (χ2n) is 7.94. The summed E-state index contributed by atoms with van der Waals surface area (Å²) >= 11 is 8.69. The number of nitrogens with one attached hydrogen (secondary N) is 3. The van der Waals surface area contributed by atoms with Gasteiger partial charge in [0.25, 0.3) is 11.8 Å². The third-order valence-electron chi connectivity index (χ3n) is 4.76. The number of carbonyl (C=O) groups is 2. The van der Waals surface area contributed by atoms with E-state index in [1.807, 2.05) is 19.9 Å². The van der Waals surface area contributed by atoms with Gasteiger partial charge in [0, 0.05) is 21.8 Å². The van der Waals surface area contributed by atoms with Crippen molar-refractivity contribution in [3.8, 4) is 5.75 Å². The van der Waals surface area contributed by atoms with Crippen molar-refractivity contribution in [2.75, 3.05) is 11.9 Å². The second kappa shape index (κ2) is 12.6. The average molecular weight is 520 g/mol. The number of hydrogen-bond acceptors (Lipinski definition) is 4. The molecule has 2 aromatic carbocycles. The van der Waals surface area contributed by atoms with E-state index in [-0.39, 0.29) is 23.0 Å². The summed E-state index contributed by atoms with van der Waals surface area (Å²) in [5, 5.41) is 8.73. The van der Waals surface area contributed by atoms with E-state index in [0.717, 1.165) is 17.3 Å². The first-order valence-electron chi connectivity index (χ1n) is 10.6. The molecule has 0 aliphatic carbocycles. The van der Waals surface area contributed by atoms with Crippen molar-refractivity contribution in [2.24, 2.45) is 5.92 Å². The van der Waals surface area contributed by atoms with Crippen molar-refractivity contribution < 1.29 is 14.3 Å². The van der Waals surface area contributed by atoms with E-state index in [9.17, 15) is 9.59 Å². The van der Waals surface area contributed by atoms with Crippen molar-refractivity contribution in [3.05, 3.63) is 58.1 Å². The molecule has 0 aromatic heterocycles. The van der Waals surface area contributed by atoms with Crippen LogP contribution < -0.4 is 20.7 Å². The summed E-state index contributed by atoms with van der Waals surface area (Å²) in [6.45, 7) is 8.74. The Balaban J connectivity index is 1.99. The predicted molar refractivity (Wildman–Crippen MR) is 136 cm³/mol. The van der Waals surface area contributed by atoms with Crippen molar-refractivity contribution >= 4 is 50.8 Å². The summed E-state index contributed by atoms with van der Waals surface area (Å²) in [5.41, 5.74) is 1.62. The molecule has 0 aliphatic rings. The molecule has 3 N–H and O–H groups in total. The highest BCUT2D eigenvalue weighted by Gasteiger charge is 2.15. The van der Waals surface area contributed by atoms with E-state index < -0.39 is 0 Å². The molecule has 6 nitrogen and oxygen atoms in total. The van der Waals surface area contributed by atoms with Crippen LogP contribution in [0.25, 0.3) is 0 Å². The monoisotopic (exact) mass is 519 g/mol.